The molecule has 1 aliphatic rings. The van der Waals surface area contributed by atoms with E-state index >= 15 is 0 Å². The zero-order valence-electron chi connectivity index (χ0n) is 12.5. The summed E-state index contributed by atoms with van der Waals surface area (Å²) in [5, 5.41) is 41.8. The molecule has 23 heavy (non-hydrogen) atoms. The molecule has 0 unspecified atom stereocenters. The number of aliphatic hydroxyl groups is 4. The molecule has 9 heteroatoms. The fraction of sp³-hybridized carbons (Fsp3) is 0.571. The van der Waals surface area contributed by atoms with E-state index in [2.05, 4.69) is 10.3 Å². The van der Waals surface area contributed by atoms with Gasteiger partial charge in [-0.05, 0) is 6.07 Å². The Kier molecular flexibility index (Phi) is 6.33. The highest BCUT2D eigenvalue weighted by atomic mass is 32.2. The zero-order chi connectivity index (χ0) is 17.0. The molecule has 2 heterocycles. The predicted molar refractivity (Wildman–Crippen MR) is 81.4 cm³/mol. The SMILES string of the molecule is CC(=O)N[C@@H]1[C@@H](O)[C@H](O)[C@@H](CO)O[C@H]1Sc1ncccc1CO. The van der Waals surface area contributed by atoms with Gasteiger partial charge in [-0.1, -0.05) is 17.8 Å². The highest BCUT2D eigenvalue weighted by molar-refractivity contribution is 7.99. The van der Waals surface area contributed by atoms with Crippen molar-refractivity contribution in [2.24, 2.45) is 0 Å². The van der Waals surface area contributed by atoms with Crippen LogP contribution >= 0.6 is 11.8 Å². The van der Waals surface area contributed by atoms with Gasteiger partial charge in [-0.15, -0.1) is 0 Å². The van der Waals surface area contributed by atoms with Gasteiger partial charge in [0.15, 0.2) is 0 Å². The molecule has 1 saturated heterocycles. The van der Waals surface area contributed by atoms with Crippen LogP contribution in [0.5, 0.6) is 0 Å². The van der Waals surface area contributed by atoms with Gasteiger partial charge in [0.2, 0.25) is 5.91 Å². The minimum Gasteiger partial charge on any atom is -0.394 e. The number of pyridine rings is 1. The van der Waals surface area contributed by atoms with Crippen molar-refractivity contribution in [3.8, 4) is 0 Å². The summed E-state index contributed by atoms with van der Waals surface area (Å²) in [5.41, 5.74) is -0.210. The molecule has 128 valence electrons. The van der Waals surface area contributed by atoms with Crippen molar-refractivity contribution >= 4 is 17.7 Å². The molecule has 0 bridgehead atoms. The highest BCUT2D eigenvalue weighted by Gasteiger charge is 2.45. The summed E-state index contributed by atoms with van der Waals surface area (Å²) in [4.78, 5) is 15.5. The van der Waals surface area contributed by atoms with Crippen molar-refractivity contribution in [2.45, 2.75) is 48.3 Å². The normalized spacial score (nSPS) is 30.9. The van der Waals surface area contributed by atoms with Crippen molar-refractivity contribution in [3.05, 3.63) is 23.9 Å². The second-order valence-electron chi connectivity index (χ2n) is 5.18. The topological polar surface area (TPSA) is 132 Å². The van der Waals surface area contributed by atoms with Crippen LogP contribution in [0.4, 0.5) is 0 Å². The predicted octanol–water partition coefficient (Wildman–Crippen LogP) is -1.39. The third-order valence-electron chi connectivity index (χ3n) is 3.50. The van der Waals surface area contributed by atoms with E-state index in [1.165, 1.54) is 6.92 Å². The molecule has 1 aliphatic heterocycles. The van der Waals surface area contributed by atoms with Gasteiger partial charge in [0.1, 0.15) is 28.8 Å². The molecule has 0 aromatic carbocycles. The van der Waals surface area contributed by atoms with Crippen LogP contribution in [0.25, 0.3) is 0 Å². The van der Waals surface area contributed by atoms with Crippen molar-refractivity contribution in [2.75, 3.05) is 6.61 Å². The van der Waals surface area contributed by atoms with Gasteiger partial charge >= 0.3 is 0 Å². The molecule has 0 saturated carbocycles. The van der Waals surface area contributed by atoms with E-state index in [1.807, 2.05) is 0 Å². The van der Waals surface area contributed by atoms with Gasteiger partial charge in [0.25, 0.3) is 0 Å². The minimum absolute atomic E-state index is 0.220. The first-order valence-electron chi connectivity index (χ1n) is 7.09. The summed E-state index contributed by atoms with van der Waals surface area (Å²) in [6, 6.07) is 2.49. The fourth-order valence-electron chi connectivity index (χ4n) is 2.33. The van der Waals surface area contributed by atoms with Crippen molar-refractivity contribution in [1.82, 2.24) is 10.3 Å². The van der Waals surface area contributed by atoms with E-state index in [0.717, 1.165) is 11.8 Å². The van der Waals surface area contributed by atoms with Crippen molar-refractivity contribution in [3.63, 3.8) is 0 Å². The van der Waals surface area contributed by atoms with E-state index in [4.69, 9.17) is 4.74 Å². The summed E-state index contributed by atoms with van der Waals surface area (Å²) >= 11 is 1.10. The van der Waals surface area contributed by atoms with Crippen LogP contribution in [0.1, 0.15) is 12.5 Å². The third kappa shape index (κ3) is 4.19. The number of rotatable bonds is 5. The fourth-order valence-corrected chi connectivity index (χ4v) is 3.53. The lowest BCUT2D eigenvalue weighted by molar-refractivity contribution is -0.173. The van der Waals surface area contributed by atoms with E-state index in [0.29, 0.717) is 10.6 Å². The molecule has 1 fully saturated rings. The van der Waals surface area contributed by atoms with Crippen LogP contribution in [-0.4, -0.2) is 67.7 Å². The molecular weight excluding hydrogens is 324 g/mol. The molecule has 1 aromatic rings. The van der Waals surface area contributed by atoms with E-state index in [1.54, 1.807) is 18.3 Å². The number of aliphatic hydroxyl groups excluding tert-OH is 4. The molecule has 1 aromatic heterocycles. The lowest BCUT2D eigenvalue weighted by atomic mass is 9.98. The van der Waals surface area contributed by atoms with E-state index in [9.17, 15) is 25.2 Å². The molecule has 0 aliphatic carbocycles. The number of carbonyl (C=O) groups excluding carboxylic acids is 1. The number of nitrogens with zero attached hydrogens (tertiary/aromatic N) is 1. The molecule has 0 spiro atoms. The summed E-state index contributed by atoms with van der Waals surface area (Å²) < 4.78 is 5.60. The largest absolute Gasteiger partial charge is 0.394 e. The van der Waals surface area contributed by atoms with Gasteiger partial charge in [0.05, 0.1) is 19.3 Å². The molecule has 5 atom stereocenters. The van der Waals surface area contributed by atoms with Gasteiger partial charge in [-0.2, -0.15) is 0 Å². The van der Waals surface area contributed by atoms with Crippen LogP contribution < -0.4 is 5.32 Å². The first-order chi connectivity index (χ1) is 11.0. The standard InChI is InChI=1S/C14H20N2O6S/c1-7(19)16-10-12(21)11(20)9(6-18)22-14(10)23-13-8(5-17)3-2-4-15-13/h2-4,9-12,14,17-18,20-21H,5-6H2,1H3,(H,16,19)/t9-,10-,11-,12-,14+/m1/s1. The first kappa shape index (κ1) is 18.1. The number of nitrogens with one attached hydrogen (secondary N) is 1. The molecule has 8 nitrogen and oxygen atoms in total. The van der Waals surface area contributed by atoms with Crippen molar-refractivity contribution < 1.29 is 30.0 Å². The number of hydrogen-bond donors (Lipinski definition) is 5. The molecular formula is C14H20N2O6S. The molecule has 5 N–H and O–H groups in total. The smallest absolute Gasteiger partial charge is 0.217 e. The average Bonchev–Trinajstić information content (AvgIpc) is 2.54. The third-order valence-corrected chi connectivity index (χ3v) is 4.73. The quantitative estimate of drug-likeness (QED) is 0.441. The highest BCUT2D eigenvalue weighted by Crippen LogP contribution is 2.33. The number of thioether (sulfide) groups is 1. The Labute approximate surface area is 137 Å². The van der Waals surface area contributed by atoms with Crippen molar-refractivity contribution in [1.29, 1.82) is 0 Å². The maximum absolute atomic E-state index is 11.4. The van der Waals surface area contributed by atoms with Crippen LogP contribution in [0, 0.1) is 0 Å². The number of carbonyl (C=O) groups is 1. The number of ether oxygens (including phenoxy) is 1. The second kappa shape index (κ2) is 8.04. The number of amides is 1. The number of hydrogen-bond acceptors (Lipinski definition) is 8. The second-order valence-corrected chi connectivity index (χ2v) is 6.26. The molecule has 2 rings (SSSR count). The Bertz CT molecular complexity index is 546. The van der Waals surface area contributed by atoms with Gasteiger partial charge in [-0.25, -0.2) is 4.98 Å². The van der Waals surface area contributed by atoms with E-state index in [-0.39, 0.29) is 12.5 Å². The van der Waals surface area contributed by atoms with E-state index < -0.39 is 36.4 Å². The van der Waals surface area contributed by atoms with Crippen LogP contribution in [0.3, 0.4) is 0 Å². The Morgan fingerprint density at radius 3 is 2.74 bits per heavy atom. The zero-order valence-corrected chi connectivity index (χ0v) is 13.3. The van der Waals surface area contributed by atoms with Gasteiger partial charge < -0.3 is 30.5 Å². The monoisotopic (exact) mass is 344 g/mol. The van der Waals surface area contributed by atoms with Crippen LogP contribution in [-0.2, 0) is 16.1 Å². The Balaban J connectivity index is 2.25. The maximum Gasteiger partial charge on any atom is 0.217 e. The van der Waals surface area contributed by atoms with Crippen LogP contribution in [0.2, 0.25) is 0 Å². The van der Waals surface area contributed by atoms with Gasteiger partial charge in [-0.3, -0.25) is 4.79 Å². The summed E-state index contributed by atoms with van der Waals surface area (Å²) in [6.07, 6.45) is -2.06. The number of aromatic nitrogens is 1. The molecule has 0 radical (unpaired) electrons. The lowest BCUT2D eigenvalue weighted by Crippen LogP contribution is -2.63. The maximum atomic E-state index is 11.4. The Morgan fingerprint density at radius 2 is 2.13 bits per heavy atom. The summed E-state index contributed by atoms with van der Waals surface area (Å²) in [5.74, 6) is -0.388. The Hall–Kier alpha value is -1.23. The summed E-state index contributed by atoms with van der Waals surface area (Å²) in [6.45, 7) is 0.596. The first-order valence-corrected chi connectivity index (χ1v) is 7.96. The minimum atomic E-state index is -1.32. The van der Waals surface area contributed by atoms with Gasteiger partial charge in [0, 0.05) is 18.7 Å². The van der Waals surface area contributed by atoms with Crippen LogP contribution in [0.15, 0.2) is 23.4 Å². The molecule has 1 amide bonds. The average molecular weight is 344 g/mol. The lowest BCUT2D eigenvalue weighted by Gasteiger charge is -2.42. The summed E-state index contributed by atoms with van der Waals surface area (Å²) in [7, 11) is 0. The Morgan fingerprint density at radius 1 is 1.39 bits per heavy atom.